The molecule has 0 aromatic heterocycles. The van der Waals surface area contributed by atoms with E-state index in [0.717, 1.165) is 31.6 Å². The highest BCUT2D eigenvalue weighted by molar-refractivity contribution is 6.30. The van der Waals surface area contributed by atoms with Gasteiger partial charge in [-0.05, 0) is 37.1 Å². The number of halogens is 1. The Morgan fingerprint density at radius 1 is 1.19 bits per heavy atom. The van der Waals surface area contributed by atoms with Crippen LogP contribution in [0, 0.1) is 0 Å². The molecule has 0 radical (unpaired) electrons. The zero-order valence-electron chi connectivity index (χ0n) is 11.7. The third kappa shape index (κ3) is 3.13. The summed E-state index contributed by atoms with van der Waals surface area (Å²) in [5.74, 6) is 0.0315. The summed E-state index contributed by atoms with van der Waals surface area (Å²) in [6.07, 6.45) is 2.48. The van der Waals surface area contributed by atoms with Crippen LogP contribution in [0.5, 0.6) is 0 Å². The molecule has 112 valence electrons. The summed E-state index contributed by atoms with van der Waals surface area (Å²) in [6.45, 7) is 2.14. The Morgan fingerprint density at radius 2 is 1.86 bits per heavy atom. The molecule has 1 aromatic carbocycles. The van der Waals surface area contributed by atoms with E-state index in [4.69, 9.17) is 11.6 Å². The molecule has 2 aliphatic heterocycles. The number of urea groups is 1. The Balaban J connectivity index is 1.61. The Kier molecular flexibility index (Phi) is 4.01. The minimum atomic E-state index is -0.124. The summed E-state index contributed by atoms with van der Waals surface area (Å²) in [6, 6.07) is 7.00. The summed E-state index contributed by atoms with van der Waals surface area (Å²) >= 11 is 5.86. The highest BCUT2D eigenvalue weighted by Gasteiger charge is 2.32. The third-order valence-electron chi connectivity index (χ3n) is 3.98. The number of likely N-dealkylation sites (tertiary alicyclic amines) is 1. The molecule has 0 saturated carbocycles. The fourth-order valence-electron chi connectivity index (χ4n) is 2.86. The normalized spacial score (nSPS) is 22.0. The summed E-state index contributed by atoms with van der Waals surface area (Å²) in [5.41, 5.74) is 0.822. The molecule has 2 heterocycles. The highest BCUT2D eigenvalue weighted by atomic mass is 35.5. The van der Waals surface area contributed by atoms with Crippen LogP contribution in [-0.4, -0.2) is 42.5 Å². The lowest BCUT2D eigenvalue weighted by molar-refractivity contribution is -0.117. The lowest BCUT2D eigenvalue weighted by Crippen LogP contribution is -2.44. The van der Waals surface area contributed by atoms with Gasteiger partial charge in [0.15, 0.2) is 0 Å². The average molecular weight is 308 g/mol. The van der Waals surface area contributed by atoms with E-state index in [1.165, 1.54) is 0 Å². The van der Waals surface area contributed by atoms with Crippen molar-refractivity contribution in [1.29, 1.82) is 0 Å². The monoisotopic (exact) mass is 307 g/mol. The van der Waals surface area contributed by atoms with Gasteiger partial charge in [-0.15, -0.1) is 0 Å². The van der Waals surface area contributed by atoms with Gasteiger partial charge in [0.1, 0.15) is 0 Å². The first-order chi connectivity index (χ1) is 10.1. The molecule has 2 aliphatic rings. The van der Waals surface area contributed by atoms with Crippen LogP contribution in [0.1, 0.15) is 19.3 Å². The van der Waals surface area contributed by atoms with E-state index in [2.05, 4.69) is 5.32 Å². The van der Waals surface area contributed by atoms with Crippen LogP contribution in [-0.2, 0) is 4.79 Å². The zero-order chi connectivity index (χ0) is 14.8. The van der Waals surface area contributed by atoms with Gasteiger partial charge in [0.2, 0.25) is 5.91 Å². The molecule has 1 atom stereocenters. The highest BCUT2D eigenvalue weighted by Crippen LogP contribution is 2.23. The van der Waals surface area contributed by atoms with Gasteiger partial charge in [-0.3, -0.25) is 4.79 Å². The minimum Gasteiger partial charge on any atom is -0.333 e. The standard InChI is InChI=1S/C15H18ClN3O2/c16-11-3-5-13(6-4-11)19-10-12(9-14(19)20)17-15(21)18-7-1-2-8-18/h3-6,12H,1-2,7-10H2,(H,17,21)/t12-/m0/s1. The van der Waals surface area contributed by atoms with Crippen LogP contribution in [0.15, 0.2) is 24.3 Å². The Morgan fingerprint density at radius 3 is 2.52 bits per heavy atom. The summed E-state index contributed by atoms with van der Waals surface area (Å²) in [4.78, 5) is 27.7. The molecular weight excluding hydrogens is 290 g/mol. The van der Waals surface area contributed by atoms with Crippen molar-refractivity contribution >= 4 is 29.2 Å². The summed E-state index contributed by atoms with van der Waals surface area (Å²) in [5, 5.41) is 3.60. The lowest BCUT2D eigenvalue weighted by Gasteiger charge is -2.20. The van der Waals surface area contributed by atoms with E-state index in [0.29, 0.717) is 18.0 Å². The third-order valence-corrected chi connectivity index (χ3v) is 4.24. The van der Waals surface area contributed by atoms with Gasteiger partial charge in [0.25, 0.3) is 0 Å². The van der Waals surface area contributed by atoms with Crippen molar-refractivity contribution in [2.45, 2.75) is 25.3 Å². The molecule has 0 spiro atoms. The second-order valence-corrected chi connectivity index (χ2v) is 5.96. The van der Waals surface area contributed by atoms with Crippen molar-refractivity contribution < 1.29 is 9.59 Å². The number of carbonyl (C=O) groups is 2. The number of hydrogen-bond donors (Lipinski definition) is 1. The number of rotatable bonds is 2. The molecule has 0 unspecified atom stereocenters. The molecule has 2 fully saturated rings. The molecule has 1 aromatic rings. The van der Waals surface area contributed by atoms with Crippen LogP contribution < -0.4 is 10.2 Å². The number of nitrogens with one attached hydrogen (secondary N) is 1. The molecule has 3 rings (SSSR count). The van der Waals surface area contributed by atoms with Crippen LogP contribution in [0.4, 0.5) is 10.5 Å². The number of anilines is 1. The molecule has 2 saturated heterocycles. The quantitative estimate of drug-likeness (QED) is 0.911. The van der Waals surface area contributed by atoms with E-state index in [-0.39, 0.29) is 18.0 Å². The number of hydrogen-bond acceptors (Lipinski definition) is 2. The summed E-state index contributed by atoms with van der Waals surface area (Å²) in [7, 11) is 0. The predicted octanol–water partition coefficient (Wildman–Crippen LogP) is 2.25. The van der Waals surface area contributed by atoms with Crippen molar-refractivity contribution in [1.82, 2.24) is 10.2 Å². The Labute approximate surface area is 128 Å². The zero-order valence-corrected chi connectivity index (χ0v) is 12.5. The average Bonchev–Trinajstić information content (AvgIpc) is 3.10. The smallest absolute Gasteiger partial charge is 0.317 e. The minimum absolute atomic E-state index is 0.0315. The molecule has 21 heavy (non-hydrogen) atoms. The van der Waals surface area contributed by atoms with E-state index in [9.17, 15) is 9.59 Å². The van der Waals surface area contributed by atoms with Gasteiger partial charge in [-0.1, -0.05) is 11.6 Å². The van der Waals surface area contributed by atoms with E-state index < -0.39 is 0 Å². The van der Waals surface area contributed by atoms with Gasteiger partial charge < -0.3 is 15.1 Å². The fraction of sp³-hybridized carbons (Fsp3) is 0.467. The second kappa shape index (κ2) is 5.93. The van der Waals surface area contributed by atoms with Crippen LogP contribution >= 0.6 is 11.6 Å². The predicted molar refractivity (Wildman–Crippen MR) is 81.5 cm³/mol. The van der Waals surface area contributed by atoms with Crippen LogP contribution in [0.3, 0.4) is 0 Å². The first kappa shape index (κ1) is 14.2. The Hall–Kier alpha value is -1.75. The summed E-state index contributed by atoms with van der Waals surface area (Å²) < 4.78 is 0. The lowest BCUT2D eigenvalue weighted by atomic mass is 10.2. The van der Waals surface area contributed by atoms with Crippen LogP contribution in [0.25, 0.3) is 0 Å². The molecule has 1 N–H and O–H groups in total. The number of nitrogens with zero attached hydrogens (tertiary/aromatic N) is 2. The number of amides is 3. The van der Waals surface area contributed by atoms with Gasteiger partial charge >= 0.3 is 6.03 Å². The SMILES string of the molecule is O=C(N[C@H]1CC(=O)N(c2ccc(Cl)cc2)C1)N1CCCC1. The van der Waals surface area contributed by atoms with Crippen molar-refractivity contribution in [2.75, 3.05) is 24.5 Å². The van der Waals surface area contributed by atoms with Crippen LogP contribution in [0.2, 0.25) is 5.02 Å². The molecule has 0 aliphatic carbocycles. The van der Waals surface area contributed by atoms with Crippen molar-refractivity contribution in [3.05, 3.63) is 29.3 Å². The Bertz CT molecular complexity index is 540. The van der Waals surface area contributed by atoms with Gasteiger partial charge in [0, 0.05) is 36.8 Å². The maximum atomic E-state index is 12.1. The number of benzene rings is 1. The largest absolute Gasteiger partial charge is 0.333 e. The maximum absolute atomic E-state index is 12.1. The van der Waals surface area contributed by atoms with Gasteiger partial charge in [-0.2, -0.15) is 0 Å². The molecule has 6 heteroatoms. The van der Waals surface area contributed by atoms with Crippen molar-refractivity contribution in [3.8, 4) is 0 Å². The molecule has 3 amide bonds. The first-order valence-electron chi connectivity index (χ1n) is 7.25. The van der Waals surface area contributed by atoms with E-state index >= 15 is 0 Å². The van der Waals surface area contributed by atoms with E-state index in [1.807, 2.05) is 17.0 Å². The van der Waals surface area contributed by atoms with Crippen molar-refractivity contribution in [3.63, 3.8) is 0 Å². The molecule has 0 bridgehead atoms. The first-order valence-corrected chi connectivity index (χ1v) is 7.62. The second-order valence-electron chi connectivity index (χ2n) is 5.53. The van der Waals surface area contributed by atoms with E-state index in [1.54, 1.807) is 17.0 Å². The van der Waals surface area contributed by atoms with Gasteiger partial charge in [0.05, 0.1) is 6.04 Å². The fourth-order valence-corrected chi connectivity index (χ4v) is 2.99. The molecule has 5 nitrogen and oxygen atoms in total. The molecular formula is C15H18ClN3O2. The van der Waals surface area contributed by atoms with Crippen molar-refractivity contribution in [2.24, 2.45) is 0 Å². The van der Waals surface area contributed by atoms with Gasteiger partial charge in [-0.25, -0.2) is 4.79 Å². The maximum Gasteiger partial charge on any atom is 0.317 e. The number of carbonyl (C=O) groups excluding carboxylic acids is 2. The topological polar surface area (TPSA) is 52.7 Å².